The molecule has 1 heterocycles. The molecule has 0 atom stereocenters. The van der Waals surface area contributed by atoms with Gasteiger partial charge in [0, 0.05) is 18.2 Å². The SMILES string of the molecule is CCNc1cc(-c2ccc(F)c(C)c2)nc(C)n1. The van der Waals surface area contributed by atoms with Crippen molar-refractivity contribution >= 4 is 5.82 Å². The molecule has 3 nitrogen and oxygen atoms in total. The largest absolute Gasteiger partial charge is 0.370 e. The summed E-state index contributed by atoms with van der Waals surface area (Å²) >= 11 is 0. The molecule has 4 heteroatoms. The molecule has 0 aliphatic rings. The number of hydrogen-bond donors (Lipinski definition) is 1. The zero-order chi connectivity index (χ0) is 13.1. The fraction of sp³-hybridized carbons (Fsp3) is 0.286. The number of aryl methyl sites for hydroxylation is 2. The van der Waals surface area contributed by atoms with Crippen molar-refractivity contribution in [2.45, 2.75) is 20.8 Å². The van der Waals surface area contributed by atoms with Crippen molar-refractivity contribution in [1.82, 2.24) is 9.97 Å². The highest BCUT2D eigenvalue weighted by atomic mass is 19.1. The first-order valence-electron chi connectivity index (χ1n) is 5.96. The summed E-state index contributed by atoms with van der Waals surface area (Å²) in [6.45, 7) is 6.41. The van der Waals surface area contributed by atoms with Crippen LogP contribution in [0.5, 0.6) is 0 Å². The lowest BCUT2D eigenvalue weighted by molar-refractivity contribution is 0.619. The molecule has 0 spiro atoms. The van der Waals surface area contributed by atoms with E-state index in [2.05, 4.69) is 15.3 Å². The predicted octanol–water partition coefficient (Wildman–Crippen LogP) is 3.33. The molecule has 18 heavy (non-hydrogen) atoms. The Morgan fingerprint density at radius 1 is 1.17 bits per heavy atom. The van der Waals surface area contributed by atoms with Crippen molar-refractivity contribution in [3.8, 4) is 11.3 Å². The van der Waals surface area contributed by atoms with Gasteiger partial charge in [0.05, 0.1) is 5.69 Å². The van der Waals surface area contributed by atoms with E-state index in [9.17, 15) is 4.39 Å². The van der Waals surface area contributed by atoms with Crippen LogP contribution in [0.1, 0.15) is 18.3 Å². The van der Waals surface area contributed by atoms with Crippen molar-refractivity contribution < 1.29 is 4.39 Å². The van der Waals surface area contributed by atoms with Crippen LogP contribution in [-0.4, -0.2) is 16.5 Å². The van der Waals surface area contributed by atoms with Crippen LogP contribution in [0.3, 0.4) is 0 Å². The topological polar surface area (TPSA) is 37.8 Å². The van der Waals surface area contributed by atoms with Crippen molar-refractivity contribution in [2.24, 2.45) is 0 Å². The number of rotatable bonds is 3. The standard InChI is InChI=1S/C14H16FN3/c1-4-16-14-8-13(17-10(3)18-14)11-5-6-12(15)9(2)7-11/h5-8H,4H2,1-3H3,(H,16,17,18). The molecule has 0 unspecified atom stereocenters. The van der Waals surface area contributed by atoms with Gasteiger partial charge in [-0.1, -0.05) is 0 Å². The summed E-state index contributed by atoms with van der Waals surface area (Å²) in [6, 6.07) is 6.88. The Balaban J connectivity index is 2.46. The number of nitrogens with one attached hydrogen (secondary N) is 1. The first-order valence-corrected chi connectivity index (χ1v) is 5.96. The highest BCUT2D eigenvalue weighted by Gasteiger charge is 2.06. The number of aromatic nitrogens is 2. The number of nitrogens with zero attached hydrogens (tertiary/aromatic N) is 2. The van der Waals surface area contributed by atoms with Gasteiger partial charge in [-0.25, -0.2) is 14.4 Å². The minimum absolute atomic E-state index is 0.198. The molecule has 0 fully saturated rings. The summed E-state index contributed by atoms with van der Waals surface area (Å²) in [5, 5.41) is 3.16. The number of benzene rings is 1. The van der Waals surface area contributed by atoms with Crippen LogP contribution in [0, 0.1) is 19.7 Å². The number of halogens is 1. The Kier molecular flexibility index (Phi) is 3.55. The molecule has 0 aliphatic carbocycles. The summed E-state index contributed by atoms with van der Waals surface area (Å²) < 4.78 is 13.2. The lowest BCUT2D eigenvalue weighted by atomic mass is 10.1. The van der Waals surface area contributed by atoms with Crippen LogP contribution in [0.4, 0.5) is 10.2 Å². The van der Waals surface area contributed by atoms with Crippen molar-refractivity contribution in [3.05, 3.63) is 41.5 Å². The smallest absolute Gasteiger partial charge is 0.130 e. The Labute approximate surface area is 106 Å². The van der Waals surface area contributed by atoms with Gasteiger partial charge in [0.25, 0.3) is 0 Å². The minimum atomic E-state index is -0.198. The van der Waals surface area contributed by atoms with Gasteiger partial charge < -0.3 is 5.32 Å². The lowest BCUT2D eigenvalue weighted by Gasteiger charge is -2.08. The van der Waals surface area contributed by atoms with E-state index in [4.69, 9.17) is 0 Å². The maximum absolute atomic E-state index is 13.2. The monoisotopic (exact) mass is 245 g/mol. The summed E-state index contributed by atoms with van der Waals surface area (Å²) in [7, 11) is 0. The van der Waals surface area contributed by atoms with Crippen molar-refractivity contribution in [1.29, 1.82) is 0 Å². The van der Waals surface area contributed by atoms with Gasteiger partial charge in [-0.3, -0.25) is 0 Å². The molecule has 1 aromatic carbocycles. The third-order valence-electron chi connectivity index (χ3n) is 2.65. The van der Waals surface area contributed by atoms with Gasteiger partial charge in [0.15, 0.2) is 0 Å². The maximum atomic E-state index is 13.2. The zero-order valence-corrected chi connectivity index (χ0v) is 10.8. The first-order chi connectivity index (χ1) is 8.60. The third-order valence-corrected chi connectivity index (χ3v) is 2.65. The van der Waals surface area contributed by atoms with E-state index in [1.807, 2.05) is 19.9 Å². The summed E-state index contributed by atoms with van der Waals surface area (Å²) in [4.78, 5) is 8.68. The molecule has 1 aromatic heterocycles. The Bertz CT molecular complexity index is 567. The average Bonchev–Trinajstić information content (AvgIpc) is 2.32. The van der Waals surface area contributed by atoms with Crippen LogP contribution in [0.15, 0.2) is 24.3 Å². The fourth-order valence-electron chi connectivity index (χ4n) is 1.79. The van der Waals surface area contributed by atoms with Crippen LogP contribution in [0.2, 0.25) is 0 Å². The van der Waals surface area contributed by atoms with E-state index in [0.717, 1.165) is 23.6 Å². The van der Waals surface area contributed by atoms with Gasteiger partial charge in [0.1, 0.15) is 17.5 Å². The van der Waals surface area contributed by atoms with Crippen LogP contribution >= 0.6 is 0 Å². The van der Waals surface area contributed by atoms with Gasteiger partial charge in [-0.2, -0.15) is 0 Å². The second kappa shape index (κ2) is 5.12. The number of hydrogen-bond acceptors (Lipinski definition) is 3. The average molecular weight is 245 g/mol. The van der Waals surface area contributed by atoms with Crippen molar-refractivity contribution in [2.75, 3.05) is 11.9 Å². The van der Waals surface area contributed by atoms with Gasteiger partial charge in [0.2, 0.25) is 0 Å². The lowest BCUT2D eigenvalue weighted by Crippen LogP contribution is -2.02. The Hall–Kier alpha value is -1.97. The van der Waals surface area contributed by atoms with E-state index in [1.54, 1.807) is 19.1 Å². The number of anilines is 1. The maximum Gasteiger partial charge on any atom is 0.130 e. The van der Waals surface area contributed by atoms with E-state index in [0.29, 0.717) is 11.4 Å². The molecule has 0 amide bonds. The normalized spacial score (nSPS) is 10.4. The van der Waals surface area contributed by atoms with Crippen LogP contribution < -0.4 is 5.32 Å². The highest BCUT2D eigenvalue weighted by molar-refractivity contribution is 5.63. The van der Waals surface area contributed by atoms with E-state index in [-0.39, 0.29) is 5.82 Å². The van der Waals surface area contributed by atoms with Gasteiger partial charge in [-0.15, -0.1) is 0 Å². The molecule has 1 N–H and O–H groups in total. The molecule has 0 aliphatic heterocycles. The second-order valence-electron chi connectivity index (χ2n) is 4.18. The van der Waals surface area contributed by atoms with Crippen LogP contribution in [0.25, 0.3) is 11.3 Å². The van der Waals surface area contributed by atoms with Gasteiger partial charge in [-0.05, 0) is 44.5 Å². The summed E-state index contributed by atoms with van der Waals surface area (Å²) in [6.07, 6.45) is 0. The molecule has 2 aromatic rings. The highest BCUT2D eigenvalue weighted by Crippen LogP contribution is 2.22. The Morgan fingerprint density at radius 3 is 2.61 bits per heavy atom. The molecular weight excluding hydrogens is 229 g/mol. The molecule has 0 bridgehead atoms. The summed E-state index contributed by atoms with van der Waals surface area (Å²) in [5.41, 5.74) is 2.33. The minimum Gasteiger partial charge on any atom is -0.370 e. The van der Waals surface area contributed by atoms with E-state index >= 15 is 0 Å². The molecule has 94 valence electrons. The van der Waals surface area contributed by atoms with Crippen LogP contribution in [-0.2, 0) is 0 Å². The van der Waals surface area contributed by atoms with E-state index in [1.165, 1.54) is 6.07 Å². The second-order valence-corrected chi connectivity index (χ2v) is 4.18. The van der Waals surface area contributed by atoms with Crippen molar-refractivity contribution in [3.63, 3.8) is 0 Å². The molecular formula is C14H16FN3. The third kappa shape index (κ3) is 2.64. The Morgan fingerprint density at radius 2 is 1.94 bits per heavy atom. The molecule has 0 radical (unpaired) electrons. The predicted molar refractivity (Wildman–Crippen MR) is 71.1 cm³/mol. The zero-order valence-electron chi connectivity index (χ0n) is 10.8. The first kappa shape index (κ1) is 12.5. The molecule has 0 saturated carbocycles. The quantitative estimate of drug-likeness (QED) is 0.901. The summed E-state index contributed by atoms with van der Waals surface area (Å²) in [5.74, 6) is 1.30. The van der Waals surface area contributed by atoms with Gasteiger partial charge >= 0.3 is 0 Å². The molecule has 2 rings (SSSR count). The fourth-order valence-corrected chi connectivity index (χ4v) is 1.79. The molecule has 0 saturated heterocycles. The van der Waals surface area contributed by atoms with E-state index < -0.39 is 0 Å².